The van der Waals surface area contributed by atoms with Crippen molar-refractivity contribution in [3.05, 3.63) is 54.1 Å². The maximum Gasteiger partial charge on any atom is 0.408 e. The fourth-order valence-corrected chi connectivity index (χ4v) is 3.09. The Balaban J connectivity index is 2.07. The summed E-state index contributed by atoms with van der Waals surface area (Å²) in [7, 11) is 1.27. The standard InChI is InChI=1S/C23H32N4O5/c1-23(2,3)32-22(30)27-19(13-16-9-6-5-7-10-16)20(28)26-18(21(29)31-4)12-8-11-17-14-24-15-25-17/h5-7,9-10,14-15,18-19H,8,11-13H2,1-4H3,(H,24,25)(H,26,28)(H,27,30)/t18?,19-/m0/s1. The highest BCUT2D eigenvalue weighted by atomic mass is 16.6. The molecule has 9 heteroatoms. The van der Waals surface area contributed by atoms with Crippen molar-refractivity contribution in [2.45, 2.75) is 64.1 Å². The van der Waals surface area contributed by atoms with Crippen molar-refractivity contribution >= 4 is 18.0 Å². The molecule has 2 aromatic rings. The fraction of sp³-hybridized carbons (Fsp3) is 0.478. The molecule has 1 heterocycles. The summed E-state index contributed by atoms with van der Waals surface area (Å²) in [4.78, 5) is 44.6. The molecule has 0 saturated carbocycles. The molecule has 2 atom stereocenters. The minimum absolute atomic E-state index is 0.244. The molecule has 2 rings (SSSR count). The molecule has 1 unspecified atom stereocenters. The van der Waals surface area contributed by atoms with E-state index in [1.165, 1.54) is 7.11 Å². The highest BCUT2D eigenvalue weighted by Crippen LogP contribution is 2.10. The summed E-state index contributed by atoms with van der Waals surface area (Å²) in [6.07, 6.45) is 4.52. The first-order valence-electron chi connectivity index (χ1n) is 10.6. The predicted octanol–water partition coefficient (Wildman–Crippen LogP) is 2.53. The molecule has 0 bridgehead atoms. The first kappa shape index (κ1) is 24.9. The molecule has 9 nitrogen and oxygen atoms in total. The first-order valence-corrected chi connectivity index (χ1v) is 10.6. The minimum Gasteiger partial charge on any atom is -0.467 e. The van der Waals surface area contributed by atoms with Crippen LogP contribution in [0.5, 0.6) is 0 Å². The van der Waals surface area contributed by atoms with Gasteiger partial charge in [-0.25, -0.2) is 14.6 Å². The highest BCUT2D eigenvalue weighted by molar-refractivity contribution is 5.89. The highest BCUT2D eigenvalue weighted by Gasteiger charge is 2.29. The van der Waals surface area contributed by atoms with Crippen LogP contribution in [0.1, 0.15) is 44.9 Å². The molecule has 0 radical (unpaired) electrons. The Kier molecular flexibility index (Phi) is 9.24. The molecule has 32 heavy (non-hydrogen) atoms. The van der Waals surface area contributed by atoms with Crippen molar-refractivity contribution in [3.8, 4) is 0 Å². The third kappa shape index (κ3) is 8.79. The lowest BCUT2D eigenvalue weighted by molar-refractivity contribution is -0.145. The molecule has 174 valence electrons. The molecule has 1 aromatic heterocycles. The van der Waals surface area contributed by atoms with Gasteiger partial charge in [0.15, 0.2) is 0 Å². The number of carbonyl (C=O) groups excluding carboxylic acids is 3. The van der Waals surface area contributed by atoms with Crippen molar-refractivity contribution in [2.75, 3.05) is 7.11 Å². The van der Waals surface area contributed by atoms with Crippen LogP contribution < -0.4 is 10.6 Å². The molecule has 0 saturated heterocycles. The van der Waals surface area contributed by atoms with E-state index in [2.05, 4.69) is 20.6 Å². The van der Waals surface area contributed by atoms with Gasteiger partial charge in [0.1, 0.15) is 17.7 Å². The Morgan fingerprint density at radius 3 is 2.41 bits per heavy atom. The van der Waals surface area contributed by atoms with E-state index in [1.807, 2.05) is 30.3 Å². The number of methoxy groups -OCH3 is 1. The fourth-order valence-electron chi connectivity index (χ4n) is 3.09. The van der Waals surface area contributed by atoms with E-state index in [0.29, 0.717) is 19.3 Å². The van der Waals surface area contributed by atoms with Crippen LogP contribution in [0.3, 0.4) is 0 Å². The van der Waals surface area contributed by atoms with Crippen LogP contribution in [-0.4, -0.2) is 52.7 Å². The van der Waals surface area contributed by atoms with Gasteiger partial charge in [0, 0.05) is 18.3 Å². The van der Waals surface area contributed by atoms with Crippen LogP contribution in [0.4, 0.5) is 4.79 Å². The molecular formula is C23H32N4O5. The molecule has 0 spiro atoms. The van der Waals surface area contributed by atoms with Gasteiger partial charge in [0.25, 0.3) is 0 Å². The Labute approximate surface area is 188 Å². The van der Waals surface area contributed by atoms with Gasteiger partial charge in [-0.3, -0.25) is 4.79 Å². The molecule has 0 aliphatic heterocycles. The molecule has 2 amide bonds. The average Bonchev–Trinajstić information content (AvgIpc) is 3.24. The zero-order valence-corrected chi connectivity index (χ0v) is 19.0. The number of rotatable bonds is 10. The van der Waals surface area contributed by atoms with Crippen LogP contribution in [0.15, 0.2) is 42.9 Å². The number of aromatic nitrogens is 2. The van der Waals surface area contributed by atoms with Gasteiger partial charge in [0.05, 0.1) is 13.4 Å². The van der Waals surface area contributed by atoms with Crippen LogP contribution in [0.25, 0.3) is 0 Å². The molecular weight excluding hydrogens is 412 g/mol. The Morgan fingerprint density at radius 1 is 1.09 bits per heavy atom. The SMILES string of the molecule is COC(=O)C(CCCc1cnc[nH]1)NC(=O)[C@H](Cc1ccccc1)NC(=O)OC(C)(C)C. The number of hydrogen-bond donors (Lipinski definition) is 3. The van der Waals surface area contributed by atoms with E-state index in [-0.39, 0.29) is 6.42 Å². The summed E-state index contributed by atoms with van der Waals surface area (Å²) in [5, 5.41) is 5.35. The summed E-state index contributed by atoms with van der Waals surface area (Å²) >= 11 is 0. The number of nitrogens with zero attached hydrogens (tertiary/aromatic N) is 1. The van der Waals surface area contributed by atoms with E-state index < -0.39 is 35.7 Å². The lowest BCUT2D eigenvalue weighted by Gasteiger charge is -2.25. The van der Waals surface area contributed by atoms with Gasteiger partial charge in [0.2, 0.25) is 5.91 Å². The monoisotopic (exact) mass is 444 g/mol. The van der Waals surface area contributed by atoms with Crippen molar-refractivity contribution < 1.29 is 23.9 Å². The van der Waals surface area contributed by atoms with Gasteiger partial charge < -0.3 is 25.1 Å². The molecule has 3 N–H and O–H groups in total. The second-order valence-electron chi connectivity index (χ2n) is 8.44. The van der Waals surface area contributed by atoms with Crippen molar-refractivity contribution in [1.82, 2.24) is 20.6 Å². The van der Waals surface area contributed by atoms with Gasteiger partial charge >= 0.3 is 12.1 Å². The number of aryl methyl sites for hydroxylation is 1. The number of benzene rings is 1. The van der Waals surface area contributed by atoms with E-state index in [1.54, 1.807) is 33.3 Å². The number of alkyl carbamates (subject to hydrolysis) is 1. The number of esters is 1. The third-order valence-corrected chi connectivity index (χ3v) is 4.59. The molecule has 0 aliphatic carbocycles. The number of amides is 2. The molecule has 0 aliphatic rings. The zero-order chi connectivity index (χ0) is 23.6. The quantitative estimate of drug-likeness (QED) is 0.484. The van der Waals surface area contributed by atoms with Crippen LogP contribution in [0, 0.1) is 0 Å². The average molecular weight is 445 g/mol. The minimum atomic E-state index is -0.924. The van der Waals surface area contributed by atoms with E-state index in [0.717, 1.165) is 11.3 Å². The Hall–Kier alpha value is -3.36. The Morgan fingerprint density at radius 2 is 1.81 bits per heavy atom. The van der Waals surface area contributed by atoms with Crippen molar-refractivity contribution in [2.24, 2.45) is 0 Å². The second kappa shape index (κ2) is 11.9. The number of aromatic amines is 1. The predicted molar refractivity (Wildman–Crippen MR) is 119 cm³/mol. The Bertz CT molecular complexity index is 862. The summed E-state index contributed by atoms with van der Waals surface area (Å²) in [5.74, 6) is -1.03. The number of nitrogens with one attached hydrogen (secondary N) is 3. The largest absolute Gasteiger partial charge is 0.467 e. The van der Waals surface area contributed by atoms with E-state index in [4.69, 9.17) is 9.47 Å². The van der Waals surface area contributed by atoms with Gasteiger partial charge in [-0.05, 0) is 45.6 Å². The third-order valence-electron chi connectivity index (χ3n) is 4.59. The number of H-pyrrole nitrogens is 1. The lowest BCUT2D eigenvalue weighted by Crippen LogP contribution is -2.53. The lowest BCUT2D eigenvalue weighted by atomic mass is 10.0. The summed E-state index contributed by atoms with van der Waals surface area (Å²) < 4.78 is 10.2. The maximum absolute atomic E-state index is 13.1. The van der Waals surface area contributed by atoms with Crippen molar-refractivity contribution in [3.63, 3.8) is 0 Å². The van der Waals surface area contributed by atoms with Crippen LogP contribution in [0.2, 0.25) is 0 Å². The topological polar surface area (TPSA) is 122 Å². The zero-order valence-electron chi connectivity index (χ0n) is 19.0. The maximum atomic E-state index is 13.1. The number of carbonyl (C=O) groups is 3. The van der Waals surface area contributed by atoms with Crippen molar-refractivity contribution in [1.29, 1.82) is 0 Å². The normalized spacial score (nSPS) is 13.0. The number of hydrogen-bond acceptors (Lipinski definition) is 6. The number of imidazole rings is 1. The molecule has 0 fully saturated rings. The smallest absolute Gasteiger partial charge is 0.408 e. The van der Waals surface area contributed by atoms with E-state index >= 15 is 0 Å². The van der Waals surface area contributed by atoms with Gasteiger partial charge in [-0.2, -0.15) is 0 Å². The summed E-state index contributed by atoms with van der Waals surface area (Å²) in [6.45, 7) is 5.23. The summed E-state index contributed by atoms with van der Waals surface area (Å²) in [6, 6.07) is 7.53. The van der Waals surface area contributed by atoms with Crippen LogP contribution in [-0.2, 0) is 31.9 Å². The van der Waals surface area contributed by atoms with Gasteiger partial charge in [-0.15, -0.1) is 0 Å². The first-order chi connectivity index (χ1) is 15.2. The number of ether oxygens (including phenoxy) is 2. The van der Waals surface area contributed by atoms with Crippen LogP contribution >= 0.6 is 0 Å². The second-order valence-corrected chi connectivity index (χ2v) is 8.44. The van der Waals surface area contributed by atoms with E-state index in [9.17, 15) is 14.4 Å². The van der Waals surface area contributed by atoms with Gasteiger partial charge in [-0.1, -0.05) is 30.3 Å². The summed E-state index contributed by atoms with van der Waals surface area (Å²) in [5.41, 5.74) is 1.09. The molecule has 1 aromatic carbocycles.